The van der Waals surface area contributed by atoms with Gasteiger partial charge in [-0.05, 0) is 34.1 Å². The lowest BCUT2D eigenvalue weighted by Crippen LogP contribution is -1.89. The molecule has 6 heteroatoms. The Balaban J connectivity index is 2.27. The molecule has 3 N–H and O–H groups in total. The summed E-state index contributed by atoms with van der Waals surface area (Å²) in [5.41, 5.74) is 6.45. The Labute approximate surface area is 104 Å². The summed E-state index contributed by atoms with van der Waals surface area (Å²) in [6.45, 7) is 0. The molecule has 0 atom stereocenters. The van der Waals surface area contributed by atoms with Crippen molar-refractivity contribution in [2.75, 3.05) is 11.1 Å². The van der Waals surface area contributed by atoms with E-state index in [4.69, 9.17) is 17.3 Å². The third-order valence-electron chi connectivity index (χ3n) is 1.69. The fourth-order valence-corrected chi connectivity index (χ4v) is 2.17. The molecule has 78 valence electrons. The number of aromatic nitrogens is 1. The zero-order chi connectivity index (χ0) is 10.8. The van der Waals surface area contributed by atoms with E-state index >= 15 is 0 Å². The van der Waals surface area contributed by atoms with Crippen LogP contribution >= 0.6 is 38.9 Å². The second-order valence-electron chi connectivity index (χ2n) is 2.82. The quantitative estimate of drug-likeness (QED) is 0.885. The highest BCUT2D eigenvalue weighted by atomic mass is 79.9. The largest absolute Gasteiger partial charge is 0.389 e. The van der Waals surface area contributed by atoms with Crippen LogP contribution in [0.4, 0.5) is 15.8 Å². The van der Waals surface area contributed by atoms with E-state index in [-0.39, 0.29) is 0 Å². The van der Waals surface area contributed by atoms with Crippen molar-refractivity contribution in [3.05, 3.63) is 33.9 Å². The predicted molar refractivity (Wildman–Crippen MR) is 69.0 cm³/mol. The first-order valence-electron chi connectivity index (χ1n) is 4.08. The Hall–Kier alpha value is -0.780. The molecule has 0 saturated carbocycles. The number of benzene rings is 1. The maximum Gasteiger partial charge on any atom is 0.189 e. The van der Waals surface area contributed by atoms with E-state index in [2.05, 4.69) is 26.2 Å². The number of nitrogens with zero attached hydrogens (tertiary/aromatic N) is 1. The van der Waals surface area contributed by atoms with Gasteiger partial charge in [0.2, 0.25) is 0 Å². The molecular weight excluding hydrogens is 298 g/mol. The molecule has 2 aromatic rings. The first-order chi connectivity index (χ1) is 7.15. The molecule has 0 radical (unpaired) electrons. The number of thiazole rings is 1. The molecule has 0 aliphatic rings. The lowest BCUT2D eigenvalue weighted by atomic mass is 10.3. The molecule has 0 aliphatic heterocycles. The number of hydrogen-bond donors (Lipinski definition) is 2. The average molecular weight is 305 g/mol. The maximum absolute atomic E-state index is 5.89. The highest BCUT2D eigenvalue weighted by Crippen LogP contribution is 2.30. The smallest absolute Gasteiger partial charge is 0.189 e. The molecule has 15 heavy (non-hydrogen) atoms. The molecule has 3 nitrogen and oxygen atoms in total. The molecule has 0 fully saturated rings. The second-order valence-corrected chi connectivity index (χ2v) is 5.17. The van der Waals surface area contributed by atoms with Gasteiger partial charge in [0.05, 0.1) is 11.9 Å². The molecule has 0 spiro atoms. The van der Waals surface area contributed by atoms with Crippen LogP contribution in [0.1, 0.15) is 0 Å². The molecule has 0 saturated heterocycles. The van der Waals surface area contributed by atoms with Crippen molar-refractivity contribution in [1.82, 2.24) is 4.98 Å². The number of halogens is 2. The van der Waals surface area contributed by atoms with Crippen LogP contribution in [0.25, 0.3) is 0 Å². The summed E-state index contributed by atoms with van der Waals surface area (Å²) in [4.78, 5) is 4.10. The average Bonchev–Trinajstić information content (AvgIpc) is 2.58. The first-order valence-corrected chi connectivity index (χ1v) is 6.07. The number of nitrogens with two attached hydrogens (primary N) is 1. The van der Waals surface area contributed by atoms with Gasteiger partial charge in [0.1, 0.15) is 5.00 Å². The Morgan fingerprint density at radius 3 is 2.93 bits per heavy atom. The van der Waals surface area contributed by atoms with Crippen molar-refractivity contribution in [3.8, 4) is 0 Å². The van der Waals surface area contributed by atoms with Gasteiger partial charge >= 0.3 is 0 Å². The Kier molecular flexibility index (Phi) is 3.14. The van der Waals surface area contributed by atoms with Crippen molar-refractivity contribution in [1.29, 1.82) is 0 Å². The molecule has 1 aromatic heterocycles. The Bertz CT molecular complexity index is 486. The van der Waals surface area contributed by atoms with Crippen molar-refractivity contribution in [3.63, 3.8) is 0 Å². The Morgan fingerprint density at radius 2 is 2.27 bits per heavy atom. The summed E-state index contributed by atoms with van der Waals surface area (Å²) in [5.74, 6) is 0. The minimum Gasteiger partial charge on any atom is -0.389 e. The maximum atomic E-state index is 5.89. The molecule has 1 aromatic carbocycles. The number of rotatable bonds is 2. The number of hydrogen-bond acceptors (Lipinski definition) is 4. The van der Waals surface area contributed by atoms with Gasteiger partial charge in [-0.15, -0.1) is 0 Å². The van der Waals surface area contributed by atoms with Crippen molar-refractivity contribution < 1.29 is 0 Å². The monoisotopic (exact) mass is 303 g/mol. The third-order valence-corrected chi connectivity index (χ3v) is 3.36. The van der Waals surface area contributed by atoms with Crippen LogP contribution in [0, 0.1) is 0 Å². The van der Waals surface area contributed by atoms with Gasteiger partial charge in [-0.1, -0.05) is 22.9 Å². The molecule has 0 amide bonds. The van der Waals surface area contributed by atoms with E-state index in [0.29, 0.717) is 10.0 Å². The van der Waals surface area contributed by atoms with Crippen LogP contribution in [0.2, 0.25) is 5.02 Å². The fraction of sp³-hybridized carbons (Fsp3) is 0. The van der Waals surface area contributed by atoms with Gasteiger partial charge in [-0.2, -0.15) is 0 Å². The van der Waals surface area contributed by atoms with Gasteiger partial charge in [0, 0.05) is 9.50 Å². The lowest BCUT2D eigenvalue weighted by Gasteiger charge is -2.05. The van der Waals surface area contributed by atoms with E-state index in [9.17, 15) is 0 Å². The van der Waals surface area contributed by atoms with E-state index < -0.39 is 0 Å². The van der Waals surface area contributed by atoms with Crippen molar-refractivity contribution in [2.45, 2.75) is 0 Å². The minimum absolute atomic E-state index is 0.672. The van der Waals surface area contributed by atoms with E-state index in [0.717, 1.165) is 15.3 Å². The molecule has 1 heterocycles. The molecule has 0 unspecified atom stereocenters. The van der Waals surface area contributed by atoms with Gasteiger partial charge in [0.15, 0.2) is 5.13 Å². The van der Waals surface area contributed by atoms with Gasteiger partial charge in [-0.25, -0.2) is 4.98 Å². The van der Waals surface area contributed by atoms with E-state index in [1.54, 1.807) is 6.20 Å². The van der Waals surface area contributed by atoms with Gasteiger partial charge in [-0.3, -0.25) is 0 Å². The molecular formula is C9H7BrClN3S. The SMILES string of the molecule is Nc1cnc(Nc2cc(Cl)ccc2Br)s1. The standard InChI is InChI=1S/C9H7BrClN3S/c10-6-2-1-5(11)3-7(6)14-9-13-4-8(12)15-9/h1-4H,12H2,(H,13,14). The van der Waals surface area contributed by atoms with Crippen LogP contribution in [0.5, 0.6) is 0 Å². The second kappa shape index (κ2) is 4.38. The highest BCUT2D eigenvalue weighted by molar-refractivity contribution is 9.10. The van der Waals surface area contributed by atoms with Crippen LogP contribution in [0.3, 0.4) is 0 Å². The summed E-state index contributed by atoms with van der Waals surface area (Å²) >= 11 is 10.7. The molecule has 0 aliphatic carbocycles. The van der Waals surface area contributed by atoms with Crippen LogP contribution < -0.4 is 11.1 Å². The van der Waals surface area contributed by atoms with Crippen LogP contribution in [-0.2, 0) is 0 Å². The van der Waals surface area contributed by atoms with Crippen molar-refractivity contribution in [2.24, 2.45) is 0 Å². The molecule has 0 bridgehead atoms. The highest BCUT2D eigenvalue weighted by Gasteiger charge is 2.03. The minimum atomic E-state index is 0.672. The normalized spacial score (nSPS) is 10.3. The fourth-order valence-electron chi connectivity index (χ4n) is 1.05. The first kappa shape index (κ1) is 10.7. The zero-order valence-electron chi connectivity index (χ0n) is 7.50. The number of nitrogen functional groups attached to an aromatic ring is 1. The predicted octanol–water partition coefficient (Wildman–Crippen LogP) is 3.88. The van der Waals surface area contributed by atoms with E-state index in [1.807, 2.05) is 18.2 Å². The van der Waals surface area contributed by atoms with Gasteiger partial charge < -0.3 is 11.1 Å². The van der Waals surface area contributed by atoms with E-state index in [1.165, 1.54) is 11.3 Å². The lowest BCUT2D eigenvalue weighted by molar-refractivity contribution is 1.39. The van der Waals surface area contributed by atoms with Crippen LogP contribution in [0.15, 0.2) is 28.9 Å². The summed E-state index contributed by atoms with van der Waals surface area (Å²) in [6, 6.07) is 5.51. The topological polar surface area (TPSA) is 50.9 Å². The number of anilines is 3. The van der Waals surface area contributed by atoms with Gasteiger partial charge in [0.25, 0.3) is 0 Å². The number of nitrogens with one attached hydrogen (secondary N) is 1. The summed E-state index contributed by atoms with van der Waals surface area (Å²) in [7, 11) is 0. The van der Waals surface area contributed by atoms with Crippen molar-refractivity contribution >= 4 is 54.7 Å². The third kappa shape index (κ3) is 2.62. The van der Waals surface area contributed by atoms with Crippen LogP contribution in [-0.4, -0.2) is 4.98 Å². The zero-order valence-corrected chi connectivity index (χ0v) is 10.7. The summed E-state index contributed by atoms with van der Waals surface area (Å²) < 4.78 is 0.931. The Morgan fingerprint density at radius 1 is 1.47 bits per heavy atom. The summed E-state index contributed by atoms with van der Waals surface area (Å²) in [6.07, 6.45) is 1.62. The molecule has 2 rings (SSSR count). The summed E-state index contributed by atoms with van der Waals surface area (Å²) in [5, 5.41) is 5.22.